The molecule has 1 aromatic carbocycles. The topological polar surface area (TPSA) is 82.6 Å². The maximum atomic E-state index is 14.9. The Balaban J connectivity index is 1.63. The van der Waals surface area contributed by atoms with Crippen molar-refractivity contribution in [3.8, 4) is 18.2 Å². The highest BCUT2D eigenvalue weighted by atomic mass is 32.2. The first kappa shape index (κ1) is 22.2. The molecule has 0 amide bonds. The van der Waals surface area contributed by atoms with Crippen LogP contribution in [0.4, 0.5) is 8.78 Å². The van der Waals surface area contributed by atoms with Crippen molar-refractivity contribution in [3.63, 3.8) is 0 Å². The summed E-state index contributed by atoms with van der Waals surface area (Å²) in [5, 5.41) is 0.396. The summed E-state index contributed by atoms with van der Waals surface area (Å²) in [6.45, 7) is 2.41. The van der Waals surface area contributed by atoms with E-state index >= 15 is 0 Å². The number of rotatable bonds is 7. The number of thioether (sulfide) groups is 1. The smallest absolute Gasteiger partial charge is 0.233 e. The number of nitrogens with two attached hydrogens (primary N) is 1. The predicted molar refractivity (Wildman–Crippen MR) is 121 cm³/mol. The number of hydrogen-bond donors (Lipinski definition) is 1. The number of terminal acetylenes is 1. The lowest BCUT2D eigenvalue weighted by Gasteiger charge is -2.34. The number of aromatic nitrogens is 2. The van der Waals surface area contributed by atoms with E-state index in [0.29, 0.717) is 22.9 Å². The van der Waals surface area contributed by atoms with Crippen LogP contribution in [-0.2, 0) is 10.3 Å². The number of fused-ring (bicyclic) bond motifs is 1. The Morgan fingerprint density at radius 1 is 1.41 bits per heavy atom. The molecular weight excluding hydrogens is 434 g/mol. The van der Waals surface area contributed by atoms with Crippen molar-refractivity contribution in [1.82, 2.24) is 9.97 Å². The van der Waals surface area contributed by atoms with Gasteiger partial charge in [-0.1, -0.05) is 23.7 Å². The molecular formula is C23H22F2N4O2S. The fourth-order valence-corrected chi connectivity index (χ4v) is 5.65. The summed E-state index contributed by atoms with van der Waals surface area (Å²) in [4.78, 5) is 12.6. The summed E-state index contributed by atoms with van der Waals surface area (Å²) >= 11 is 1.48. The zero-order valence-electron chi connectivity index (χ0n) is 17.6. The van der Waals surface area contributed by atoms with E-state index in [9.17, 15) is 8.78 Å². The van der Waals surface area contributed by atoms with Gasteiger partial charge in [-0.3, -0.25) is 4.99 Å². The second-order valence-corrected chi connectivity index (χ2v) is 9.35. The molecule has 2 heterocycles. The Labute approximate surface area is 189 Å². The number of ether oxygens (including phenoxy) is 2. The van der Waals surface area contributed by atoms with E-state index in [1.54, 1.807) is 13.2 Å². The van der Waals surface area contributed by atoms with E-state index in [4.69, 9.17) is 21.6 Å². The third-order valence-corrected chi connectivity index (χ3v) is 7.02. The molecule has 2 N–H and O–H groups in total. The fraction of sp³-hybridized carbons (Fsp3) is 0.348. The molecule has 1 fully saturated rings. The fourth-order valence-electron chi connectivity index (χ4n) is 4.20. The van der Waals surface area contributed by atoms with E-state index in [-0.39, 0.29) is 28.8 Å². The van der Waals surface area contributed by atoms with Crippen molar-refractivity contribution in [1.29, 1.82) is 0 Å². The molecule has 2 aliphatic rings. The molecule has 1 aliphatic carbocycles. The van der Waals surface area contributed by atoms with Gasteiger partial charge in [0.1, 0.15) is 11.5 Å². The van der Waals surface area contributed by atoms with Crippen LogP contribution in [0.25, 0.3) is 11.9 Å². The zero-order chi connectivity index (χ0) is 22.9. The molecule has 0 bridgehead atoms. The van der Waals surface area contributed by atoms with Crippen molar-refractivity contribution in [2.24, 2.45) is 16.6 Å². The maximum Gasteiger partial charge on any atom is 0.233 e. The third-order valence-electron chi connectivity index (χ3n) is 5.75. The Hall–Kier alpha value is -2.96. The van der Waals surface area contributed by atoms with Crippen LogP contribution in [0.5, 0.6) is 5.88 Å². The highest BCUT2D eigenvalue weighted by molar-refractivity contribution is 8.15. The molecule has 1 aromatic heterocycles. The Bertz CT molecular complexity index is 1130. The SMILES string of the molecule is C#CCOc1cnc(/C(F)=C/c2ccc(F)c(C3(C)N=C(N)SC4(COC)CC43)c2)cn1. The largest absolute Gasteiger partial charge is 0.463 e. The predicted octanol–water partition coefficient (Wildman–Crippen LogP) is 3.78. The third kappa shape index (κ3) is 4.08. The number of hydrogen-bond acceptors (Lipinski definition) is 7. The second-order valence-electron chi connectivity index (χ2n) is 7.92. The Morgan fingerprint density at radius 2 is 2.22 bits per heavy atom. The van der Waals surface area contributed by atoms with Gasteiger partial charge in [0.25, 0.3) is 0 Å². The number of benzene rings is 1. The lowest BCUT2D eigenvalue weighted by molar-refractivity contribution is 0.184. The summed E-state index contributed by atoms with van der Waals surface area (Å²) in [5.74, 6) is 1.54. The maximum absolute atomic E-state index is 14.9. The number of methoxy groups -OCH3 is 1. The van der Waals surface area contributed by atoms with E-state index in [2.05, 4.69) is 20.9 Å². The molecule has 3 atom stereocenters. The van der Waals surface area contributed by atoms with Crippen LogP contribution in [0.1, 0.15) is 30.2 Å². The zero-order valence-corrected chi connectivity index (χ0v) is 18.5. The normalized spacial score (nSPS) is 26.7. The minimum atomic E-state index is -0.867. The molecule has 0 radical (unpaired) electrons. The molecule has 0 spiro atoms. The summed E-state index contributed by atoms with van der Waals surface area (Å²) in [6.07, 6.45) is 9.75. The average molecular weight is 457 g/mol. The van der Waals surface area contributed by atoms with Crippen LogP contribution in [0.3, 0.4) is 0 Å². The van der Waals surface area contributed by atoms with Crippen molar-refractivity contribution >= 4 is 28.8 Å². The summed E-state index contributed by atoms with van der Waals surface area (Å²) in [7, 11) is 1.63. The van der Waals surface area contributed by atoms with Gasteiger partial charge in [0.2, 0.25) is 5.88 Å². The van der Waals surface area contributed by atoms with Gasteiger partial charge in [-0.25, -0.2) is 18.7 Å². The van der Waals surface area contributed by atoms with Crippen molar-refractivity contribution in [3.05, 3.63) is 53.2 Å². The number of nitrogens with zero attached hydrogens (tertiary/aromatic N) is 3. The van der Waals surface area contributed by atoms with Gasteiger partial charge >= 0.3 is 0 Å². The molecule has 0 saturated heterocycles. The van der Waals surface area contributed by atoms with Gasteiger partial charge in [0.05, 0.1) is 29.3 Å². The first-order chi connectivity index (χ1) is 15.3. The number of aliphatic imine (C=N–C) groups is 1. The van der Waals surface area contributed by atoms with Gasteiger partial charge in [-0.15, -0.1) is 6.42 Å². The first-order valence-electron chi connectivity index (χ1n) is 9.90. The highest BCUT2D eigenvalue weighted by Gasteiger charge is 2.66. The van der Waals surface area contributed by atoms with E-state index in [0.717, 1.165) is 6.42 Å². The monoisotopic (exact) mass is 456 g/mol. The summed E-state index contributed by atoms with van der Waals surface area (Å²) in [5.41, 5.74) is 6.09. The van der Waals surface area contributed by atoms with Crippen LogP contribution in [-0.4, -0.2) is 40.2 Å². The quantitative estimate of drug-likeness (QED) is 0.639. The average Bonchev–Trinajstić information content (AvgIpc) is 3.49. The van der Waals surface area contributed by atoms with E-state index < -0.39 is 17.2 Å². The van der Waals surface area contributed by atoms with Crippen LogP contribution >= 0.6 is 11.8 Å². The Morgan fingerprint density at radius 3 is 2.91 bits per heavy atom. The van der Waals surface area contributed by atoms with Crippen LogP contribution in [0, 0.1) is 24.1 Å². The highest BCUT2D eigenvalue weighted by Crippen LogP contribution is 2.65. The molecule has 32 heavy (non-hydrogen) atoms. The standard InChI is InChI=1S/C23H22F2N4O2S/c1-4-7-31-20-12-27-18(11-28-20)17(25)9-14-5-6-16(24)15(8-14)22(2)19-10-23(19,13-30-3)32-21(26)29-22/h1,5-6,8-9,11-12,19H,7,10,13H2,2-3H3,(H2,26,29)/b17-9-. The molecule has 3 unspecified atom stereocenters. The minimum absolute atomic E-state index is 0.0211. The van der Waals surface area contributed by atoms with Crippen LogP contribution in [0.2, 0.25) is 0 Å². The van der Waals surface area contributed by atoms with Crippen molar-refractivity contribution in [2.45, 2.75) is 23.6 Å². The van der Waals surface area contributed by atoms with E-state index in [1.807, 2.05) is 6.92 Å². The van der Waals surface area contributed by atoms with Gasteiger partial charge in [0, 0.05) is 18.6 Å². The number of amidine groups is 1. The number of halogens is 2. The summed E-state index contributed by atoms with van der Waals surface area (Å²) in [6, 6.07) is 4.42. The molecule has 1 aliphatic heterocycles. The van der Waals surface area contributed by atoms with Crippen LogP contribution in [0.15, 0.2) is 35.6 Å². The molecule has 1 saturated carbocycles. The second kappa shape index (κ2) is 8.52. The molecule has 2 aromatic rings. The minimum Gasteiger partial charge on any atom is -0.463 e. The Kier molecular flexibility index (Phi) is 5.93. The first-order valence-corrected chi connectivity index (χ1v) is 10.7. The lowest BCUT2D eigenvalue weighted by Crippen LogP contribution is -2.37. The van der Waals surface area contributed by atoms with Crippen molar-refractivity contribution < 1.29 is 18.3 Å². The van der Waals surface area contributed by atoms with Gasteiger partial charge < -0.3 is 15.2 Å². The van der Waals surface area contributed by atoms with Crippen molar-refractivity contribution in [2.75, 3.05) is 20.3 Å². The summed E-state index contributed by atoms with van der Waals surface area (Å²) < 4.78 is 40.0. The van der Waals surface area contributed by atoms with Crippen LogP contribution < -0.4 is 10.5 Å². The molecule has 6 nitrogen and oxygen atoms in total. The van der Waals surface area contributed by atoms with Gasteiger partial charge in [-0.2, -0.15) is 0 Å². The molecule has 9 heteroatoms. The van der Waals surface area contributed by atoms with Gasteiger partial charge in [0.15, 0.2) is 17.6 Å². The van der Waals surface area contributed by atoms with E-state index in [1.165, 1.54) is 42.4 Å². The lowest BCUT2D eigenvalue weighted by atomic mass is 9.85. The molecule has 4 rings (SSSR count). The molecule has 166 valence electrons. The van der Waals surface area contributed by atoms with Gasteiger partial charge in [-0.05, 0) is 37.1 Å².